The van der Waals surface area contributed by atoms with Crippen LogP contribution < -0.4 is 5.32 Å². The molecule has 0 fully saturated rings. The van der Waals surface area contributed by atoms with E-state index in [1.54, 1.807) is 0 Å². The second-order valence-corrected chi connectivity index (χ2v) is 4.66. The maximum absolute atomic E-state index is 10.9. The smallest absolute Gasteiger partial charge is 0.312 e. The lowest BCUT2D eigenvalue weighted by atomic mass is 10.1. The van der Waals surface area contributed by atoms with Crippen LogP contribution in [-0.2, 0) is 0 Å². The van der Waals surface area contributed by atoms with Crippen molar-refractivity contribution in [3.63, 3.8) is 0 Å². The number of anilines is 1. The van der Waals surface area contributed by atoms with Crippen molar-refractivity contribution in [2.75, 3.05) is 11.9 Å². The van der Waals surface area contributed by atoms with Crippen LogP contribution in [0.25, 0.3) is 0 Å². The molecule has 6 heteroatoms. The molecule has 1 heterocycles. The van der Waals surface area contributed by atoms with Crippen molar-refractivity contribution in [1.82, 2.24) is 4.98 Å². The Bertz CT molecular complexity index is 483. The molecular formula is C14H20N4O2. The summed E-state index contributed by atoms with van der Waals surface area (Å²) in [6.07, 6.45) is 8.33. The van der Waals surface area contributed by atoms with E-state index in [0.29, 0.717) is 6.54 Å². The van der Waals surface area contributed by atoms with Crippen molar-refractivity contribution in [3.8, 4) is 6.07 Å². The molecule has 1 rings (SSSR count). The SMILES string of the molecule is CCCCCCCCNc1ncc(C#N)cc1[N+](=O)[O-]. The Morgan fingerprint density at radius 2 is 2.05 bits per heavy atom. The number of nitrogens with zero attached hydrogens (tertiary/aromatic N) is 3. The number of aromatic nitrogens is 1. The van der Waals surface area contributed by atoms with Gasteiger partial charge in [0.25, 0.3) is 0 Å². The third-order valence-electron chi connectivity index (χ3n) is 3.02. The van der Waals surface area contributed by atoms with Crippen LogP contribution in [0.2, 0.25) is 0 Å². The number of nitro groups is 1. The highest BCUT2D eigenvalue weighted by atomic mass is 16.6. The van der Waals surface area contributed by atoms with Crippen molar-refractivity contribution in [2.24, 2.45) is 0 Å². The fraction of sp³-hybridized carbons (Fsp3) is 0.571. The van der Waals surface area contributed by atoms with Crippen LogP contribution in [0.5, 0.6) is 0 Å². The Balaban J connectivity index is 2.44. The first-order valence-corrected chi connectivity index (χ1v) is 6.97. The average molecular weight is 276 g/mol. The predicted octanol–water partition coefficient (Wildman–Crippen LogP) is 3.63. The highest BCUT2D eigenvalue weighted by molar-refractivity contribution is 5.58. The van der Waals surface area contributed by atoms with Gasteiger partial charge < -0.3 is 5.32 Å². The monoisotopic (exact) mass is 276 g/mol. The van der Waals surface area contributed by atoms with Crippen LogP contribution >= 0.6 is 0 Å². The molecule has 108 valence electrons. The summed E-state index contributed by atoms with van der Waals surface area (Å²) >= 11 is 0. The lowest BCUT2D eigenvalue weighted by molar-refractivity contribution is -0.384. The molecule has 0 unspecified atom stereocenters. The first-order chi connectivity index (χ1) is 9.69. The molecule has 0 radical (unpaired) electrons. The van der Waals surface area contributed by atoms with Gasteiger partial charge in [0, 0.05) is 18.8 Å². The number of hydrogen-bond donors (Lipinski definition) is 1. The number of hydrogen-bond acceptors (Lipinski definition) is 5. The van der Waals surface area contributed by atoms with Crippen LogP contribution in [0.15, 0.2) is 12.3 Å². The van der Waals surface area contributed by atoms with Gasteiger partial charge in [-0.25, -0.2) is 4.98 Å². The summed E-state index contributed by atoms with van der Waals surface area (Å²) in [5, 5.41) is 22.6. The molecule has 0 amide bonds. The Morgan fingerprint density at radius 1 is 1.35 bits per heavy atom. The zero-order valence-electron chi connectivity index (χ0n) is 11.8. The van der Waals surface area contributed by atoms with E-state index < -0.39 is 4.92 Å². The number of unbranched alkanes of at least 4 members (excludes halogenated alkanes) is 5. The first kappa shape index (κ1) is 15.9. The molecule has 0 spiro atoms. The molecular weight excluding hydrogens is 256 g/mol. The summed E-state index contributed by atoms with van der Waals surface area (Å²) in [4.78, 5) is 14.3. The number of nitriles is 1. The number of pyridine rings is 1. The molecule has 0 aliphatic rings. The quantitative estimate of drug-likeness (QED) is 0.422. The number of nitrogens with one attached hydrogen (secondary N) is 1. The minimum absolute atomic E-state index is 0.143. The van der Waals surface area contributed by atoms with E-state index in [0.717, 1.165) is 12.8 Å². The third-order valence-corrected chi connectivity index (χ3v) is 3.02. The van der Waals surface area contributed by atoms with Crippen molar-refractivity contribution in [1.29, 1.82) is 5.26 Å². The molecule has 6 nitrogen and oxygen atoms in total. The Kier molecular flexibility index (Phi) is 7.04. The van der Waals surface area contributed by atoms with Crippen LogP contribution in [0, 0.1) is 21.4 Å². The fourth-order valence-electron chi connectivity index (χ4n) is 1.90. The van der Waals surface area contributed by atoms with Gasteiger partial charge in [-0.1, -0.05) is 39.0 Å². The summed E-state index contributed by atoms with van der Waals surface area (Å²) in [6.45, 7) is 2.84. The molecule has 1 aromatic heterocycles. The van der Waals surface area contributed by atoms with Gasteiger partial charge in [-0.15, -0.1) is 0 Å². The van der Waals surface area contributed by atoms with Gasteiger partial charge in [-0.05, 0) is 6.42 Å². The third kappa shape index (κ3) is 5.22. The molecule has 20 heavy (non-hydrogen) atoms. The maximum atomic E-state index is 10.9. The van der Waals surface area contributed by atoms with Crippen LogP contribution in [0.3, 0.4) is 0 Å². The molecule has 1 aromatic rings. The second-order valence-electron chi connectivity index (χ2n) is 4.66. The lowest BCUT2D eigenvalue weighted by Crippen LogP contribution is -2.06. The van der Waals surface area contributed by atoms with Crippen molar-refractivity contribution < 1.29 is 4.92 Å². The van der Waals surface area contributed by atoms with Gasteiger partial charge in [-0.3, -0.25) is 10.1 Å². The largest absolute Gasteiger partial charge is 0.364 e. The fourth-order valence-corrected chi connectivity index (χ4v) is 1.90. The van der Waals surface area contributed by atoms with E-state index in [4.69, 9.17) is 5.26 Å². The Labute approximate surface area is 119 Å². The average Bonchev–Trinajstić information content (AvgIpc) is 2.46. The van der Waals surface area contributed by atoms with Crippen molar-refractivity contribution in [3.05, 3.63) is 27.9 Å². The van der Waals surface area contributed by atoms with Gasteiger partial charge >= 0.3 is 5.69 Å². The first-order valence-electron chi connectivity index (χ1n) is 6.97. The van der Waals surface area contributed by atoms with Crippen LogP contribution in [-0.4, -0.2) is 16.5 Å². The van der Waals surface area contributed by atoms with Crippen molar-refractivity contribution in [2.45, 2.75) is 45.4 Å². The number of rotatable bonds is 9. The van der Waals surface area contributed by atoms with E-state index in [-0.39, 0.29) is 17.1 Å². The maximum Gasteiger partial charge on any atom is 0.312 e. The molecule has 0 aliphatic heterocycles. The van der Waals surface area contributed by atoms with Gasteiger partial charge in [0.05, 0.1) is 10.5 Å². The van der Waals surface area contributed by atoms with E-state index in [1.807, 2.05) is 6.07 Å². The summed E-state index contributed by atoms with van der Waals surface area (Å²) in [5.41, 5.74) is 0.0526. The molecule has 0 saturated carbocycles. The highest BCUT2D eigenvalue weighted by Gasteiger charge is 2.15. The predicted molar refractivity (Wildman–Crippen MR) is 77.5 cm³/mol. The summed E-state index contributed by atoms with van der Waals surface area (Å²) in [7, 11) is 0. The topological polar surface area (TPSA) is 91.8 Å². The van der Waals surface area contributed by atoms with Gasteiger partial charge in [-0.2, -0.15) is 5.26 Å². The molecule has 0 aromatic carbocycles. The van der Waals surface area contributed by atoms with Gasteiger partial charge in [0.1, 0.15) is 6.07 Å². The highest BCUT2D eigenvalue weighted by Crippen LogP contribution is 2.22. The summed E-state index contributed by atoms with van der Waals surface area (Å²) < 4.78 is 0. The van der Waals surface area contributed by atoms with E-state index in [1.165, 1.54) is 37.9 Å². The summed E-state index contributed by atoms with van der Waals surface area (Å²) in [6, 6.07) is 3.10. The molecule has 0 bridgehead atoms. The van der Waals surface area contributed by atoms with E-state index in [2.05, 4.69) is 17.2 Å². The standard InChI is InChI=1S/C14H20N4O2/c1-2-3-4-5-6-7-8-16-14-13(18(19)20)9-12(10-15)11-17-14/h9,11H,2-8H2,1H3,(H,16,17). The molecule has 0 aliphatic carbocycles. The van der Waals surface area contributed by atoms with Crippen molar-refractivity contribution >= 4 is 11.5 Å². The zero-order valence-corrected chi connectivity index (χ0v) is 11.8. The normalized spacial score (nSPS) is 10.0. The Hall–Kier alpha value is -2.16. The van der Waals surface area contributed by atoms with Crippen LogP contribution in [0.4, 0.5) is 11.5 Å². The molecule has 0 atom stereocenters. The Morgan fingerprint density at radius 3 is 2.70 bits per heavy atom. The minimum Gasteiger partial charge on any atom is -0.364 e. The second kappa shape index (κ2) is 8.86. The minimum atomic E-state index is -0.516. The molecule has 1 N–H and O–H groups in total. The lowest BCUT2D eigenvalue weighted by Gasteiger charge is -2.06. The van der Waals surface area contributed by atoms with E-state index >= 15 is 0 Å². The summed E-state index contributed by atoms with van der Waals surface area (Å²) in [5.74, 6) is 0.238. The van der Waals surface area contributed by atoms with E-state index in [9.17, 15) is 10.1 Å². The van der Waals surface area contributed by atoms with Crippen LogP contribution in [0.1, 0.15) is 51.0 Å². The molecule has 0 saturated heterocycles. The van der Waals surface area contributed by atoms with Gasteiger partial charge in [0.15, 0.2) is 0 Å². The van der Waals surface area contributed by atoms with Gasteiger partial charge in [0.2, 0.25) is 5.82 Å². The zero-order chi connectivity index (χ0) is 14.8.